The largest absolute Gasteiger partial charge is 0.495 e. The highest BCUT2D eigenvalue weighted by atomic mass is 32.2. The molecule has 0 unspecified atom stereocenters. The summed E-state index contributed by atoms with van der Waals surface area (Å²) in [6.07, 6.45) is 0. The van der Waals surface area contributed by atoms with E-state index in [1.54, 1.807) is 18.2 Å². The zero-order valence-corrected chi connectivity index (χ0v) is 16.0. The van der Waals surface area contributed by atoms with Crippen molar-refractivity contribution in [3.05, 3.63) is 54.1 Å². The van der Waals surface area contributed by atoms with Crippen LogP contribution in [-0.4, -0.2) is 52.3 Å². The van der Waals surface area contributed by atoms with Crippen molar-refractivity contribution in [1.29, 1.82) is 0 Å². The van der Waals surface area contributed by atoms with Crippen molar-refractivity contribution in [2.24, 2.45) is 0 Å². The Balaban J connectivity index is 2.26. The Morgan fingerprint density at radius 1 is 1.11 bits per heavy atom. The smallest absolute Gasteiger partial charge is 0.330 e. The molecule has 0 aliphatic carbocycles. The maximum absolute atomic E-state index is 12.7. The van der Waals surface area contributed by atoms with Crippen molar-refractivity contribution in [2.45, 2.75) is 10.9 Å². The van der Waals surface area contributed by atoms with Crippen molar-refractivity contribution in [3.63, 3.8) is 0 Å². The van der Waals surface area contributed by atoms with Crippen LogP contribution in [-0.2, 0) is 19.6 Å². The first kappa shape index (κ1) is 21.2. The summed E-state index contributed by atoms with van der Waals surface area (Å²) in [6, 6.07) is 10.5. The van der Waals surface area contributed by atoms with E-state index >= 15 is 0 Å². The van der Waals surface area contributed by atoms with E-state index in [0.29, 0.717) is 5.75 Å². The van der Waals surface area contributed by atoms with E-state index in [2.05, 4.69) is 14.8 Å². The van der Waals surface area contributed by atoms with E-state index in [1.807, 2.05) is 0 Å². The molecule has 0 bridgehead atoms. The molecule has 9 nitrogen and oxygen atoms in total. The van der Waals surface area contributed by atoms with Crippen LogP contribution in [0.25, 0.3) is 0 Å². The van der Waals surface area contributed by atoms with Gasteiger partial charge in [-0.1, -0.05) is 18.2 Å². The number of hydrogen-bond acceptors (Lipinski definition) is 7. The minimum absolute atomic E-state index is 0.00902. The lowest BCUT2D eigenvalue weighted by Gasteiger charge is -2.15. The van der Waals surface area contributed by atoms with Crippen LogP contribution >= 0.6 is 0 Å². The number of amides is 1. The number of esters is 1. The predicted octanol–water partition coefficient (Wildman–Crippen LogP) is 0.760. The molecule has 0 spiro atoms. The molecule has 28 heavy (non-hydrogen) atoms. The van der Waals surface area contributed by atoms with Crippen molar-refractivity contribution in [2.75, 3.05) is 25.5 Å². The Morgan fingerprint density at radius 2 is 1.82 bits per heavy atom. The third-order valence-corrected chi connectivity index (χ3v) is 5.09. The first-order valence-corrected chi connectivity index (χ1v) is 9.56. The van der Waals surface area contributed by atoms with Gasteiger partial charge in [0.25, 0.3) is 15.9 Å². The highest BCUT2D eigenvalue weighted by Crippen LogP contribution is 2.26. The number of nitrogens with one attached hydrogen (secondary N) is 2. The van der Waals surface area contributed by atoms with Crippen molar-refractivity contribution >= 4 is 27.6 Å². The van der Waals surface area contributed by atoms with Crippen LogP contribution in [0, 0.1) is 0 Å². The van der Waals surface area contributed by atoms with Crippen molar-refractivity contribution in [3.8, 4) is 5.75 Å². The molecule has 150 valence electrons. The Kier molecular flexibility index (Phi) is 6.96. The van der Waals surface area contributed by atoms with Gasteiger partial charge < -0.3 is 19.9 Å². The number of aliphatic hydroxyl groups is 1. The van der Waals surface area contributed by atoms with E-state index < -0.39 is 34.5 Å². The summed E-state index contributed by atoms with van der Waals surface area (Å²) in [5.74, 6) is -1.22. The topological polar surface area (TPSA) is 131 Å². The molecular formula is C18H20N2O7S. The van der Waals surface area contributed by atoms with Gasteiger partial charge in [-0.25, -0.2) is 13.2 Å². The lowest BCUT2D eigenvalue weighted by Crippen LogP contribution is -2.44. The van der Waals surface area contributed by atoms with Crippen LogP contribution < -0.4 is 14.8 Å². The number of ether oxygens (including phenoxy) is 2. The molecule has 10 heteroatoms. The molecule has 3 N–H and O–H groups in total. The SMILES string of the molecule is COC(=O)[C@H](CO)NC(=O)c1cccc(S(=O)(=O)Nc2ccccc2OC)c1. The number of rotatable bonds is 8. The van der Waals surface area contributed by atoms with E-state index in [1.165, 1.54) is 31.4 Å². The van der Waals surface area contributed by atoms with Crippen molar-refractivity contribution in [1.82, 2.24) is 5.32 Å². The van der Waals surface area contributed by atoms with Gasteiger partial charge in [-0.05, 0) is 30.3 Å². The van der Waals surface area contributed by atoms with Gasteiger partial charge in [0, 0.05) is 5.56 Å². The van der Waals surface area contributed by atoms with Crippen LogP contribution in [0.3, 0.4) is 0 Å². The number of benzene rings is 2. The van der Waals surface area contributed by atoms with Crippen molar-refractivity contribution < 1.29 is 32.6 Å². The highest BCUT2D eigenvalue weighted by Gasteiger charge is 2.23. The third kappa shape index (κ3) is 4.99. The Labute approximate surface area is 162 Å². The van der Waals surface area contributed by atoms with Crippen LogP contribution in [0.5, 0.6) is 5.75 Å². The van der Waals surface area contributed by atoms with Crippen LogP contribution in [0.15, 0.2) is 53.4 Å². The molecule has 0 heterocycles. The molecular weight excluding hydrogens is 388 g/mol. The molecule has 2 aromatic rings. The monoisotopic (exact) mass is 408 g/mol. The van der Waals surface area contributed by atoms with Gasteiger partial charge in [-0.15, -0.1) is 0 Å². The summed E-state index contributed by atoms with van der Waals surface area (Å²) in [5.41, 5.74) is 0.233. The first-order valence-electron chi connectivity index (χ1n) is 8.08. The molecule has 0 saturated carbocycles. The molecule has 0 aliphatic rings. The summed E-state index contributed by atoms with van der Waals surface area (Å²) in [6.45, 7) is -0.661. The second-order valence-electron chi connectivity index (χ2n) is 5.57. The summed E-state index contributed by atoms with van der Waals surface area (Å²) in [4.78, 5) is 23.6. The second kappa shape index (κ2) is 9.20. The molecule has 0 saturated heterocycles. The maximum Gasteiger partial charge on any atom is 0.330 e. The van der Waals surface area contributed by atoms with E-state index in [4.69, 9.17) is 4.74 Å². The molecule has 0 fully saturated rings. The number of hydrogen-bond donors (Lipinski definition) is 3. The van der Waals surface area contributed by atoms with E-state index in [0.717, 1.165) is 13.2 Å². The molecule has 0 aliphatic heterocycles. The molecule has 0 aromatic heterocycles. The van der Waals surface area contributed by atoms with E-state index in [-0.39, 0.29) is 16.1 Å². The number of sulfonamides is 1. The van der Waals surface area contributed by atoms with Gasteiger partial charge in [0.2, 0.25) is 0 Å². The van der Waals surface area contributed by atoms with Gasteiger partial charge >= 0.3 is 5.97 Å². The first-order chi connectivity index (χ1) is 13.3. The number of carbonyl (C=O) groups is 2. The number of anilines is 1. The van der Waals surface area contributed by atoms with Gasteiger partial charge in [0.05, 0.1) is 31.4 Å². The Bertz CT molecular complexity index is 960. The minimum atomic E-state index is -4.01. The standard InChI is InChI=1S/C18H20N2O7S/c1-26-16-9-4-3-8-14(16)20-28(24,25)13-7-5-6-12(10-13)17(22)19-15(11-21)18(23)27-2/h3-10,15,20-21H,11H2,1-2H3,(H,19,22)/t15-/m0/s1. The number of aliphatic hydroxyl groups excluding tert-OH is 1. The normalized spacial score (nSPS) is 12.0. The molecule has 1 amide bonds. The number of para-hydroxylation sites is 2. The fourth-order valence-electron chi connectivity index (χ4n) is 2.30. The second-order valence-corrected chi connectivity index (χ2v) is 7.25. The van der Waals surface area contributed by atoms with Gasteiger partial charge in [0.1, 0.15) is 5.75 Å². The quantitative estimate of drug-likeness (QED) is 0.550. The van der Waals surface area contributed by atoms with Crippen LogP contribution in [0.4, 0.5) is 5.69 Å². The van der Waals surface area contributed by atoms with E-state index in [9.17, 15) is 23.1 Å². The lowest BCUT2D eigenvalue weighted by molar-refractivity contribution is -0.143. The van der Waals surface area contributed by atoms with Gasteiger partial charge in [-0.3, -0.25) is 9.52 Å². The van der Waals surface area contributed by atoms with Crippen LogP contribution in [0.1, 0.15) is 10.4 Å². The summed E-state index contributed by atoms with van der Waals surface area (Å²) in [7, 11) is -1.48. The predicted molar refractivity (Wildman–Crippen MR) is 101 cm³/mol. The molecule has 2 aromatic carbocycles. The lowest BCUT2D eigenvalue weighted by atomic mass is 10.2. The summed E-state index contributed by atoms with van der Waals surface area (Å²) < 4.78 is 37.3. The van der Waals surface area contributed by atoms with Gasteiger partial charge in [0.15, 0.2) is 6.04 Å². The van der Waals surface area contributed by atoms with Gasteiger partial charge in [-0.2, -0.15) is 0 Å². The Morgan fingerprint density at radius 3 is 2.46 bits per heavy atom. The summed E-state index contributed by atoms with van der Waals surface area (Å²) in [5, 5.41) is 11.5. The third-order valence-electron chi connectivity index (χ3n) is 3.73. The molecule has 1 atom stereocenters. The number of carbonyl (C=O) groups excluding carboxylic acids is 2. The maximum atomic E-state index is 12.7. The van der Waals surface area contributed by atoms with Crippen LogP contribution in [0.2, 0.25) is 0 Å². The minimum Gasteiger partial charge on any atom is -0.495 e. The zero-order chi connectivity index (χ0) is 20.7. The number of methoxy groups -OCH3 is 2. The Hall–Kier alpha value is -3.11. The average Bonchev–Trinajstić information content (AvgIpc) is 2.71. The average molecular weight is 408 g/mol. The molecule has 0 radical (unpaired) electrons. The molecule has 2 rings (SSSR count). The summed E-state index contributed by atoms with van der Waals surface area (Å²) >= 11 is 0. The zero-order valence-electron chi connectivity index (χ0n) is 15.2. The fraction of sp³-hybridized carbons (Fsp3) is 0.222. The fourth-order valence-corrected chi connectivity index (χ4v) is 3.42. The highest BCUT2D eigenvalue weighted by molar-refractivity contribution is 7.92.